The average molecular weight is 281 g/mol. The minimum Gasteiger partial charge on any atom is -0.244 e. The van der Waals surface area contributed by atoms with Crippen LogP contribution in [0.5, 0.6) is 0 Å². The number of sulfonamides is 1. The van der Waals surface area contributed by atoms with E-state index < -0.39 is 10.0 Å². The average Bonchev–Trinajstić information content (AvgIpc) is 2.36. The molecule has 1 aromatic heterocycles. The zero-order valence-corrected chi connectivity index (χ0v) is 12.5. The fourth-order valence-electron chi connectivity index (χ4n) is 1.25. The van der Waals surface area contributed by atoms with Crippen molar-refractivity contribution in [1.82, 2.24) is 9.71 Å². The number of nitriles is 1. The molecule has 0 spiro atoms. The third-order valence-corrected chi connectivity index (χ3v) is 4.88. The van der Waals surface area contributed by atoms with Gasteiger partial charge in [-0.05, 0) is 23.5 Å². The molecule has 0 atom stereocenters. The molecule has 0 unspecified atom stereocenters. The molecule has 0 radical (unpaired) electrons. The third-order valence-electron chi connectivity index (χ3n) is 3.45. The van der Waals surface area contributed by atoms with E-state index in [-0.39, 0.29) is 16.0 Å². The maximum Gasteiger partial charge on any atom is 0.243 e. The molecule has 6 heteroatoms. The third kappa shape index (κ3) is 3.75. The van der Waals surface area contributed by atoms with Crippen LogP contribution < -0.4 is 4.72 Å². The Morgan fingerprint density at radius 2 is 2.11 bits per heavy atom. The van der Waals surface area contributed by atoms with E-state index in [2.05, 4.69) is 9.71 Å². The molecule has 0 aliphatic rings. The maximum atomic E-state index is 12.2. The fraction of sp³-hybridized carbons (Fsp3) is 0.538. The highest BCUT2D eigenvalue weighted by Gasteiger charge is 2.26. The summed E-state index contributed by atoms with van der Waals surface area (Å²) in [5.41, 5.74) is -0.250. The van der Waals surface area contributed by atoms with Crippen molar-refractivity contribution in [3.8, 4) is 6.07 Å². The summed E-state index contributed by atoms with van der Waals surface area (Å²) in [7, 11) is -3.70. The van der Waals surface area contributed by atoms with Crippen molar-refractivity contribution >= 4 is 10.0 Å². The number of pyridine rings is 1. The first kappa shape index (κ1) is 15.6. The van der Waals surface area contributed by atoms with Gasteiger partial charge in [0.1, 0.15) is 11.0 Å². The Labute approximate surface area is 114 Å². The lowest BCUT2D eigenvalue weighted by atomic mass is 9.81. The minimum atomic E-state index is -3.70. The van der Waals surface area contributed by atoms with Crippen molar-refractivity contribution in [1.29, 1.82) is 5.26 Å². The van der Waals surface area contributed by atoms with Gasteiger partial charge in [0.05, 0.1) is 0 Å². The lowest BCUT2D eigenvalue weighted by molar-refractivity contribution is 0.252. The lowest BCUT2D eigenvalue weighted by Gasteiger charge is -2.29. The van der Waals surface area contributed by atoms with Crippen LogP contribution in [0.3, 0.4) is 0 Å². The molecule has 0 bridgehead atoms. The molecule has 0 aliphatic heterocycles. The van der Waals surface area contributed by atoms with Crippen LogP contribution in [0.4, 0.5) is 0 Å². The topological polar surface area (TPSA) is 82.8 Å². The second-order valence-corrected chi connectivity index (χ2v) is 7.17. The summed E-state index contributed by atoms with van der Waals surface area (Å²) in [6.45, 7) is 8.38. The van der Waals surface area contributed by atoms with Crippen LogP contribution in [0.1, 0.15) is 33.4 Å². The van der Waals surface area contributed by atoms with Crippen molar-refractivity contribution in [2.24, 2.45) is 11.3 Å². The summed E-state index contributed by atoms with van der Waals surface area (Å²) < 4.78 is 26.9. The Morgan fingerprint density at radius 1 is 1.47 bits per heavy atom. The van der Waals surface area contributed by atoms with Crippen LogP contribution in [0, 0.1) is 22.7 Å². The number of nitrogens with zero attached hydrogens (tertiary/aromatic N) is 2. The molecule has 1 heterocycles. The molecule has 0 aliphatic carbocycles. The highest BCUT2D eigenvalue weighted by atomic mass is 32.2. The quantitative estimate of drug-likeness (QED) is 0.893. The van der Waals surface area contributed by atoms with Crippen molar-refractivity contribution < 1.29 is 8.42 Å². The van der Waals surface area contributed by atoms with Gasteiger partial charge in [-0.2, -0.15) is 5.26 Å². The van der Waals surface area contributed by atoms with Crippen LogP contribution >= 0.6 is 0 Å². The number of hydrogen-bond donors (Lipinski definition) is 1. The maximum absolute atomic E-state index is 12.2. The van der Waals surface area contributed by atoms with Gasteiger partial charge < -0.3 is 0 Å². The SMILES string of the molecule is CC(C)C(C)(C)CNS(=O)(=O)c1cccnc1C#N. The van der Waals surface area contributed by atoms with Crippen molar-refractivity contribution in [2.45, 2.75) is 32.6 Å². The fourth-order valence-corrected chi connectivity index (χ4v) is 2.58. The highest BCUT2D eigenvalue weighted by molar-refractivity contribution is 7.89. The summed E-state index contributed by atoms with van der Waals surface area (Å²) in [5, 5.41) is 8.89. The smallest absolute Gasteiger partial charge is 0.243 e. The van der Waals surface area contributed by atoms with Crippen LogP contribution in [0.25, 0.3) is 0 Å². The number of rotatable bonds is 5. The predicted octanol–water partition coefficient (Wildman–Crippen LogP) is 1.91. The van der Waals surface area contributed by atoms with E-state index in [9.17, 15) is 8.42 Å². The van der Waals surface area contributed by atoms with E-state index in [1.54, 1.807) is 6.07 Å². The van der Waals surface area contributed by atoms with E-state index in [1.807, 2.05) is 27.7 Å². The Balaban J connectivity index is 2.98. The molecule has 0 aromatic carbocycles. The van der Waals surface area contributed by atoms with Crippen molar-refractivity contribution in [3.63, 3.8) is 0 Å². The molecule has 1 aromatic rings. The summed E-state index contributed by atoms with van der Waals surface area (Å²) in [5.74, 6) is 0.333. The van der Waals surface area contributed by atoms with E-state index in [0.717, 1.165) is 0 Å². The zero-order valence-electron chi connectivity index (χ0n) is 11.6. The van der Waals surface area contributed by atoms with E-state index in [4.69, 9.17) is 5.26 Å². The van der Waals surface area contributed by atoms with Crippen LogP contribution in [-0.2, 0) is 10.0 Å². The van der Waals surface area contributed by atoms with Crippen molar-refractivity contribution in [3.05, 3.63) is 24.0 Å². The Bertz CT molecular complexity index is 586. The largest absolute Gasteiger partial charge is 0.244 e. The van der Waals surface area contributed by atoms with Gasteiger partial charge in [0.2, 0.25) is 10.0 Å². The van der Waals surface area contributed by atoms with Gasteiger partial charge in [0, 0.05) is 12.7 Å². The molecular weight excluding hydrogens is 262 g/mol. The van der Waals surface area contributed by atoms with Gasteiger partial charge in [-0.25, -0.2) is 18.1 Å². The molecule has 5 nitrogen and oxygen atoms in total. The minimum absolute atomic E-state index is 0.0722. The van der Waals surface area contributed by atoms with Gasteiger partial charge in [0.25, 0.3) is 0 Å². The van der Waals surface area contributed by atoms with Crippen LogP contribution in [-0.4, -0.2) is 19.9 Å². The molecule has 0 saturated heterocycles. The molecule has 0 saturated carbocycles. The molecule has 104 valence electrons. The van der Waals surface area contributed by atoms with E-state index in [1.165, 1.54) is 18.3 Å². The van der Waals surface area contributed by atoms with Crippen LogP contribution in [0.15, 0.2) is 23.2 Å². The Kier molecular flexibility index (Phi) is 4.66. The highest BCUT2D eigenvalue weighted by Crippen LogP contribution is 2.25. The first-order valence-electron chi connectivity index (χ1n) is 6.05. The molecule has 1 rings (SSSR count). The van der Waals surface area contributed by atoms with E-state index in [0.29, 0.717) is 12.5 Å². The summed E-state index contributed by atoms with van der Waals surface area (Å²) in [4.78, 5) is 3.69. The Hall–Kier alpha value is -1.45. The molecule has 0 amide bonds. The predicted molar refractivity (Wildman–Crippen MR) is 72.8 cm³/mol. The molecule has 1 N–H and O–H groups in total. The normalized spacial score (nSPS) is 12.4. The molecule has 0 fully saturated rings. The summed E-state index contributed by atoms with van der Waals surface area (Å²) in [6, 6.07) is 4.68. The zero-order chi connectivity index (χ0) is 14.7. The molecule has 19 heavy (non-hydrogen) atoms. The second-order valence-electron chi connectivity index (χ2n) is 5.43. The van der Waals surface area contributed by atoms with Crippen molar-refractivity contribution in [2.75, 3.05) is 6.54 Å². The first-order valence-corrected chi connectivity index (χ1v) is 7.54. The van der Waals surface area contributed by atoms with Gasteiger partial charge in [-0.15, -0.1) is 0 Å². The second kappa shape index (κ2) is 5.68. The van der Waals surface area contributed by atoms with Gasteiger partial charge in [-0.3, -0.25) is 0 Å². The van der Waals surface area contributed by atoms with Gasteiger partial charge >= 0.3 is 0 Å². The summed E-state index contributed by atoms with van der Waals surface area (Å²) in [6.07, 6.45) is 1.40. The standard InChI is InChI=1S/C13H19N3O2S/c1-10(2)13(3,4)9-16-19(17,18)12-6-5-7-15-11(12)8-14/h5-7,10,16H,9H2,1-4H3. The van der Waals surface area contributed by atoms with E-state index >= 15 is 0 Å². The number of aromatic nitrogens is 1. The molecular formula is C13H19N3O2S. The summed E-state index contributed by atoms with van der Waals surface area (Å²) >= 11 is 0. The lowest BCUT2D eigenvalue weighted by Crippen LogP contribution is -2.37. The van der Waals surface area contributed by atoms with Gasteiger partial charge in [0.15, 0.2) is 5.69 Å². The van der Waals surface area contributed by atoms with Gasteiger partial charge in [-0.1, -0.05) is 27.7 Å². The first-order chi connectivity index (χ1) is 8.70. The number of nitrogens with one attached hydrogen (secondary N) is 1. The number of hydrogen-bond acceptors (Lipinski definition) is 4. The monoisotopic (exact) mass is 281 g/mol. The van der Waals surface area contributed by atoms with Crippen LogP contribution in [0.2, 0.25) is 0 Å². The Morgan fingerprint density at radius 3 is 2.63 bits per heavy atom.